The minimum absolute atomic E-state index is 0.0544. The van der Waals surface area contributed by atoms with Crippen molar-refractivity contribution in [3.63, 3.8) is 0 Å². The van der Waals surface area contributed by atoms with Crippen LogP contribution in [0.2, 0.25) is 0 Å². The average molecular weight is 236 g/mol. The van der Waals surface area contributed by atoms with Gasteiger partial charge in [-0.05, 0) is 18.2 Å². The van der Waals surface area contributed by atoms with Crippen LogP contribution in [-0.2, 0) is 9.53 Å². The standard InChI is InChI=1S/C12H13FN2O2/c1-17-8-12(16)15-10-4-5-11(13)9(7-10)3-2-6-14/h4-5,7H,6,8,14H2,1H3,(H,15,16). The molecule has 0 aliphatic carbocycles. The molecule has 0 aromatic heterocycles. The number of carbonyl (C=O) groups is 1. The van der Waals surface area contributed by atoms with Crippen LogP contribution in [0.4, 0.5) is 10.1 Å². The second kappa shape index (κ2) is 6.63. The largest absolute Gasteiger partial charge is 0.375 e. The predicted molar refractivity (Wildman–Crippen MR) is 62.8 cm³/mol. The highest BCUT2D eigenvalue weighted by Crippen LogP contribution is 2.13. The quantitative estimate of drug-likeness (QED) is 0.760. The molecule has 1 aromatic rings. The van der Waals surface area contributed by atoms with E-state index in [1.165, 1.54) is 25.3 Å². The van der Waals surface area contributed by atoms with Crippen molar-refractivity contribution < 1.29 is 13.9 Å². The van der Waals surface area contributed by atoms with Crippen LogP contribution < -0.4 is 11.1 Å². The Hall–Kier alpha value is -1.90. The molecule has 1 rings (SSSR count). The molecule has 0 aliphatic heterocycles. The molecule has 17 heavy (non-hydrogen) atoms. The first-order valence-electron chi connectivity index (χ1n) is 4.94. The third-order valence-electron chi connectivity index (χ3n) is 1.85. The average Bonchev–Trinajstić information content (AvgIpc) is 2.30. The van der Waals surface area contributed by atoms with Crippen LogP contribution in [0.15, 0.2) is 18.2 Å². The highest BCUT2D eigenvalue weighted by atomic mass is 19.1. The molecule has 90 valence electrons. The number of nitrogens with two attached hydrogens (primary N) is 1. The van der Waals surface area contributed by atoms with E-state index >= 15 is 0 Å². The molecule has 1 amide bonds. The number of hydrogen-bond acceptors (Lipinski definition) is 3. The first kappa shape index (κ1) is 13.2. The number of rotatable bonds is 3. The van der Waals surface area contributed by atoms with Crippen LogP contribution in [0.25, 0.3) is 0 Å². The molecule has 0 aliphatic rings. The third kappa shape index (κ3) is 4.23. The molecule has 0 radical (unpaired) electrons. The van der Waals surface area contributed by atoms with Crippen molar-refractivity contribution in [2.75, 3.05) is 25.6 Å². The molecular formula is C12H13FN2O2. The van der Waals surface area contributed by atoms with Crippen molar-refractivity contribution in [2.24, 2.45) is 5.73 Å². The van der Waals surface area contributed by atoms with Crippen molar-refractivity contribution >= 4 is 11.6 Å². The van der Waals surface area contributed by atoms with Gasteiger partial charge >= 0.3 is 0 Å². The van der Waals surface area contributed by atoms with Crippen LogP contribution >= 0.6 is 0 Å². The minimum atomic E-state index is -0.448. The van der Waals surface area contributed by atoms with E-state index < -0.39 is 5.82 Å². The maximum absolute atomic E-state index is 13.3. The highest BCUT2D eigenvalue weighted by Gasteiger charge is 2.04. The van der Waals surface area contributed by atoms with Gasteiger partial charge in [-0.1, -0.05) is 11.8 Å². The lowest BCUT2D eigenvalue weighted by Gasteiger charge is -2.05. The Morgan fingerprint density at radius 2 is 2.35 bits per heavy atom. The number of ether oxygens (including phenoxy) is 1. The van der Waals surface area contributed by atoms with Gasteiger partial charge in [0.1, 0.15) is 12.4 Å². The molecule has 5 heteroatoms. The molecule has 0 unspecified atom stereocenters. The van der Waals surface area contributed by atoms with Gasteiger partial charge in [0.05, 0.1) is 12.1 Å². The van der Waals surface area contributed by atoms with Crippen molar-refractivity contribution in [1.82, 2.24) is 0 Å². The van der Waals surface area contributed by atoms with E-state index in [-0.39, 0.29) is 24.6 Å². The number of halogens is 1. The second-order valence-electron chi connectivity index (χ2n) is 3.18. The Bertz CT molecular complexity index is 463. The van der Waals surface area contributed by atoms with E-state index in [2.05, 4.69) is 21.9 Å². The molecule has 0 heterocycles. The van der Waals surface area contributed by atoms with Gasteiger partial charge in [0.2, 0.25) is 5.91 Å². The molecule has 0 fully saturated rings. The van der Waals surface area contributed by atoms with E-state index in [0.29, 0.717) is 5.69 Å². The van der Waals surface area contributed by atoms with Gasteiger partial charge in [-0.2, -0.15) is 0 Å². The predicted octanol–water partition coefficient (Wildman–Crippen LogP) is 0.721. The number of methoxy groups -OCH3 is 1. The van der Waals surface area contributed by atoms with E-state index in [1.54, 1.807) is 0 Å². The second-order valence-corrected chi connectivity index (χ2v) is 3.18. The molecule has 0 saturated carbocycles. The van der Waals surface area contributed by atoms with Crippen molar-refractivity contribution in [1.29, 1.82) is 0 Å². The molecule has 0 spiro atoms. The normalized spacial score (nSPS) is 9.35. The Kier molecular flexibility index (Phi) is 5.14. The summed E-state index contributed by atoms with van der Waals surface area (Å²) in [4.78, 5) is 11.2. The summed E-state index contributed by atoms with van der Waals surface area (Å²) in [7, 11) is 1.42. The summed E-state index contributed by atoms with van der Waals surface area (Å²) >= 11 is 0. The van der Waals surface area contributed by atoms with E-state index in [0.717, 1.165) is 0 Å². The van der Waals surface area contributed by atoms with E-state index in [4.69, 9.17) is 5.73 Å². The highest BCUT2D eigenvalue weighted by molar-refractivity contribution is 5.91. The SMILES string of the molecule is COCC(=O)Nc1ccc(F)c(C#CCN)c1. The topological polar surface area (TPSA) is 64.3 Å². The van der Waals surface area contributed by atoms with Gasteiger partial charge in [-0.15, -0.1) is 0 Å². The van der Waals surface area contributed by atoms with Gasteiger partial charge in [0.15, 0.2) is 0 Å². The maximum atomic E-state index is 13.3. The van der Waals surface area contributed by atoms with Gasteiger partial charge in [-0.3, -0.25) is 4.79 Å². The molecule has 0 saturated heterocycles. The van der Waals surface area contributed by atoms with Crippen molar-refractivity contribution in [2.45, 2.75) is 0 Å². The smallest absolute Gasteiger partial charge is 0.250 e. The Morgan fingerprint density at radius 3 is 3.00 bits per heavy atom. The van der Waals surface area contributed by atoms with Crippen LogP contribution in [0.1, 0.15) is 5.56 Å². The van der Waals surface area contributed by atoms with E-state index in [1.807, 2.05) is 0 Å². The summed E-state index contributed by atoms with van der Waals surface area (Å²) in [5.41, 5.74) is 5.87. The molecule has 0 atom stereocenters. The molecule has 1 aromatic carbocycles. The molecule has 0 bridgehead atoms. The summed E-state index contributed by atoms with van der Waals surface area (Å²) < 4.78 is 18.0. The number of nitrogens with one attached hydrogen (secondary N) is 1. The number of anilines is 1. The van der Waals surface area contributed by atoms with Crippen LogP contribution in [-0.4, -0.2) is 26.2 Å². The van der Waals surface area contributed by atoms with Gasteiger partial charge in [0.25, 0.3) is 0 Å². The summed E-state index contributed by atoms with van der Waals surface area (Å²) in [5, 5.41) is 2.56. The number of carbonyl (C=O) groups excluding carboxylic acids is 1. The monoisotopic (exact) mass is 236 g/mol. The van der Waals surface area contributed by atoms with Crippen LogP contribution in [0, 0.1) is 17.7 Å². The summed E-state index contributed by atoms with van der Waals surface area (Å²) in [5.74, 6) is 4.38. The van der Waals surface area contributed by atoms with Crippen LogP contribution in [0.3, 0.4) is 0 Å². The molecular weight excluding hydrogens is 223 g/mol. The lowest BCUT2D eigenvalue weighted by molar-refractivity contribution is -0.119. The minimum Gasteiger partial charge on any atom is -0.375 e. The fourth-order valence-corrected chi connectivity index (χ4v) is 1.17. The van der Waals surface area contributed by atoms with Crippen molar-refractivity contribution in [3.8, 4) is 11.8 Å². The van der Waals surface area contributed by atoms with Crippen molar-refractivity contribution in [3.05, 3.63) is 29.6 Å². The fraction of sp³-hybridized carbons (Fsp3) is 0.250. The lowest BCUT2D eigenvalue weighted by Crippen LogP contribution is -2.17. The summed E-state index contributed by atoms with van der Waals surface area (Å²) in [6.45, 7) is 0.0981. The molecule has 4 nitrogen and oxygen atoms in total. The molecule has 3 N–H and O–H groups in total. The fourth-order valence-electron chi connectivity index (χ4n) is 1.17. The van der Waals surface area contributed by atoms with Gasteiger partial charge in [0, 0.05) is 12.8 Å². The zero-order chi connectivity index (χ0) is 12.7. The van der Waals surface area contributed by atoms with Gasteiger partial charge in [-0.25, -0.2) is 4.39 Å². The Balaban J connectivity index is 2.85. The van der Waals surface area contributed by atoms with Gasteiger partial charge < -0.3 is 15.8 Å². The number of hydrogen-bond donors (Lipinski definition) is 2. The zero-order valence-electron chi connectivity index (χ0n) is 9.42. The number of amides is 1. The third-order valence-corrected chi connectivity index (χ3v) is 1.85. The summed E-state index contributed by atoms with van der Waals surface area (Å²) in [6.07, 6.45) is 0. The Labute approximate surface area is 99.0 Å². The number of benzene rings is 1. The summed E-state index contributed by atoms with van der Waals surface area (Å²) in [6, 6.07) is 4.14. The Morgan fingerprint density at radius 1 is 1.59 bits per heavy atom. The van der Waals surface area contributed by atoms with Crippen LogP contribution in [0.5, 0.6) is 0 Å². The zero-order valence-corrected chi connectivity index (χ0v) is 9.42. The first-order chi connectivity index (χ1) is 8.17. The maximum Gasteiger partial charge on any atom is 0.250 e. The first-order valence-corrected chi connectivity index (χ1v) is 4.94. The van der Waals surface area contributed by atoms with E-state index in [9.17, 15) is 9.18 Å². The lowest BCUT2D eigenvalue weighted by atomic mass is 10.2.